The summed E-state index contributed by atoms with van der Waals surface area (Å²) in [6, 6.07) is 5.33. The van der Waals surface area contributed by atoms with E-state index in [9.17, 15) is 27.6 Å². The van der Waals surface area contributed by atoms with Crippen molar-refractivity contribution in [1.82, 2.24) is 39.5 Å². The van der Waals surface area contributed by atoms with E-state index in [1.165, 1.54) is 17.2 Å². The maximum absolute atomic E-state index is 14.7. The number of halogens is 4. The van der Waals surface area contributed by atoms with Crippen molar-refractivity contribution >= 4 is 16.9 Å². The average molecular weight is 554 g/mol. The van der Waals surface area contributed by atoms with E-state index in [0.717, 1.165) is 6.20 Å². The van der Waals surface area contributed by atoms with Crippen LogP contribution in [0, 0.1) is 17.1 Å². The molecule has 0 atom stereocenters. The van der Waals surface area contributed by atoms with Crippen molar-refractivity contribution in [2.45, 2.75) is 37.0 Å². The van der Waals surface area contributed by atoms with Crippen LogP contribution in [0.3, 0.4) is 0 Å². The maximum atomic E-state index is 14.7. The number of H-pyrrole nitrogens is 1. The molecule has 4 aromatic heterocycles. The summed E-state index contributed by atoms with van der Waals surface area (Å²) in [5.41, 5.74) is 0.690. The predicted molar refractivity (Wildman–Crippen MR) is 133 cm³/mol. The fourth-order valence-corrected chi connectivity index (χ4v) is 5.65. The van der Waals surface area contributed by atoms with Gasteiger partial charge in [0.15, 0.2) is 0 Å². The third kappa shape index (κ3) is 4.45. The number of fused-ring (bicyclic) bond motifs is 1. The van der Waals surface area contributed by atoms with E-state index in [4.69, 9.17) is 0 Å². The van der Waals surface area contributed by atoms with Crippen molar-refractivity contribution < 1.29 is 22.4 Å². The van der Waals surface area contributed by atoms with Gasteiger partial charge in [0.05, 0.1) is 24.9 Å². The molecule has 0 saturated carbocycles. The Balaban J connectivity index is 1.12. The summed E-state index contributed by atoms with van der Waals surface area (Å²) in [6.45, 7) is 1.85. The second kappa shape index (κ2) is 9.67. The molecular weight excluding hydrogens is 530 g/mol. The van der Waals surface area contributed by atoms with Gasteiger partial charge < -0.3 is 9.88 Å². The molecule has 2 aliphatic heterocycles. The lowest BCUT2D eigenvalue weighted by Gasteiger charge is -2.53. The number of piperidine rings is 1. The van der Waals surface area contributed by atoms with Gasteiger partial charge in [-0.1, -0.05) is 0 Å². The normalized spacial score (nSPS) is 18.0. The highest BCUT2D eigenvalue weighted by molar-refractivity contribution is 5.93. The van der Waals surface area contributed by atoms with Gasteiger partial charge in [0.1, 0.15) is 22.7 Å². The number of nitriles is 1. The lowest BCUT2D eigenvalue weighted by atomic mass is 9.83. The Morgan fingerprint density at radius 1 is 1.18 bits per heavy atom. The Labute approximate surface area is 225 Å². The van der Waals surface area contributed by atoms with Gasteiger partial charge in [-0.25, -0.2) is 19.3 Å². The highest BCUT2D eigenvalue weighted by atomic mass is 19.4. The average Bonchev–Trinajstić information content (AvgIpc) is 3.60. The van der Waals surface area contributed by atoms with E-state index >= 15 is 0 Å². The molecule has 206 valence electrons. The van der Waals surface area contributed by atoms with Crippen molar-refractivity contribution in [3.63, 3.8) is 0 Å². The number of carbonyl (C=O) groups excluding carboxylic acids is 1. The van der Waals surface area contributed by atoms with Gasteiger partial charge in [0, 0.05) is 67.3 Å². The Morgan fingerprint density at radius 3 is 2.67 bits per heavy atom. The Bertz CT molecular complexity index is 1610. The number of carbonyl (C=O) groups is 1. The van der Waals surface area contributed by atoms with Gasteiger partial charge in [0.2, 0.25) is 5.82 Å². The lowest BCUT2D eigenvalue weighted by Crippen LogP contribution is -2.66. The van der Waals surface area contributed by atoms with Crippen LogP contribution < -0.4 is 0 Å². The molecule has 0 spiro atoms. The van der Waals surface area contributed by atoms with E-state index in [2.05, 4.69) is 36.0 Å². The van der Waals surface area contributed by atoms with Gasteiger partial charge in [-0.15, -0.1) is 0 Å². The number of hydrogen-bond acceptors (Lipinski definition) is 7. The molecule has 0 aromatic carbocycles. The molecule has 0 bridgehead atoms. The van der Waals surface area contributed by atoms with E-state index < -0.39 is 29.3 Å². The molecule has 6 rings (SSSR count). The van der Waals surface area contributed by atoms with E-state index in [0.29, 0.717) is 61.2 Å². The number of hydrogen-bond donors (Lipinski definition) is 1. The maximum Gasteiger partial charge on any atom is 0.451 e. The molecule has 0 unspecified atom stereocenters. The summed E-state index contributed by atoms with van der Waals surface area (Å²) in [4.78, 5) is 30.2. The SMILES string of the molecule is N#CCC1(n2cc(-c3c(F)cnc4[nH]ccc34)cn2)CN(C2CCN(C(=O)c3ccnc(C(F)(F)F)n3)CC2)C1. The summed E-state index contributed by atoms with van der Waals surface area (Å²) in [5.74, 6) is -2.36. The molecule has 0 radical (unpaired) electrons. The second-order valence-electron chi connectivity index (χ2n) is 10.1. The minimum Gasteiger partial charge on any atom is -0.346 e. The first-order valence-electron chi connectivity index (χ1n) is 12.7. The van der Waals surface area contributed by atoms with Gasteiger partial charge >= 0.3 is 6.18 Å². The predicted octanol–water partition coefficient (Wildman–Crippen LogP) is 3.60. The van der Waals surface area contributed by atoms with Crippen molar-refractivity contribution in [3.8, 4) is 17.2 Å². The molecule has 14 heteroatoms. The van der Waals surface area contributed by atoms with Crippen LogP contribution in [-0.2, 0) is 11.7 Å². The van der Waals surface area contributed by atoms with Crippen LogP contribution in [0.1, 0.15) is 35.6 Å². The molecule has 1 amide bonds. The quantitative estimate of drug-likeness (QED) is 0.375. The third-order valence-corrected chi connectivity index (χ3v) is 7.70. The zero-order valence-corrected chi connectivity index (χ0v) is 21.1. The van der Waals surface area contributed by atoms with Crippen molar-refractivity contribution in [2.75, 3.05) is 26.2 Å². The lowest BCUT2D eigenvalue weighted by molar-refractivity contribution is -0.145. The largest absolute Gasteiger partial charge is 0.451 e. The van der Waals surface area contributed by atoms with Crippen LogP contribution in [0.15, 0.2) is 43.1 Å². The number of rotatable bonds is 5. The molecule has 6 heterocycles. The summed E-state index contributed by atoms with van der Waals surface area (Å²) in [7, 11) is 0. The van der Waals surface area contributed by atoms with Crippen LogP contribution in [-0.4, -0.2) is 77.6 Å². The molecule has 0 aliphatic carbocycles. The summed E-state index contributed by atoms with van der Waals surface area (Å²) in [5, 5.41) is 14.7. The van der Waals surface area contributed by atoms with Crippen molar-refractivity contribution in [3.05, 3.63) is 60.5 Å². The number of likely N-dealkylation sites (tertiary alicyclic amines) is 2. The van der Waals surface area contributed by atoms with E-state index in [-0.39, 0.29) is 18.2 Å². The zero-order valence-electron chi connectivity index (χ0n) is 21.1. The van der Waals surface area contributed by atoms with Crippen LogP contribution in [0.4, 0.5) is 17.6 Å². The second-order valence-corrected chi connectivity index (χ2v) is 10.1. The number of nitrogens with one attached hydrogen (secondary N) is 1. The van der Waals surface area contributed by atoms with Gasteiger partial charge in [0.25, 0.3) is 5.91 Å². The number of pyridine rings is 1. The zero-order chi connectivity index (χ0) is 28.1. The summed E-state index contributed by atoms with van der Waals surface area (Å²) >= 11 is 0. The van der Waals surface area contributed by atoms with Crippen molar-refractivity contribution in [1.29, 1.82) is 5.26 Å². The Hall–Kier alpha value is -4.38. The van der Waals surface area contributed by atoms with Gasteiger partial charge in [-0.2, -0.15) is 23.5 Å². The summed E-state index contributed by atoms with van der Waals surface area (Å²) < 4.78 is 55.3. The minimum atomic E-state index is -4.73. The molecule has 2 saturated heterocycles. The highest BCUT2D eigenvalue weighted by Crippen LogP contribution is 2.38. The third-order valence-electron chi connectivity index (χ3n) is 7.70. The fraction of sp³-hybridized carbons (Fsp3) is 0.385. The minimum absolute atomic E-state index is 0.138. The Kier molecular flexibility index (Phi) is 6.25. The molecule has 1 N–H and O–H groups in total. The Morgan fingerprint density at radius 2 is 1.95 bits per heavy atom. The number of aromatic amines is 1. The van der Waals surface area contributed by atoms with Crippen LogP contribution >= 0.6 is 0 Å². The first-order valence-corrected chi connectivity index (χ1v) is 12.7. The molecule has 4 aromatic rings. The van der Waals surface area contributed by atoms with E-state index in [1.54, 1.807) is 29.3 Å². The highest BCUT2D eigenvalue weighted by Gasteiger charge is 2.48. The van der Waals surface area contributed by atoms with Crippen LogP contribution in [0.25, 0.3) is 22.2 Å². The van der Waals surface area contributed by atoms with Gasteiger partial charge in [-0.3, -0.25) is 14.4 Å². The summed E-state index contributed by atoms with van der Waals surface area (Å²) in [6.07, 6.45) is 3.90. The molecular formula is C26H23F4N9O. The molecule has 10 nitrogen and oxygen atoms in total. The smallest absolute Gasteiger partial charge is 0.346 e. The number of alkyl halides is 3. The van der Waals surface area contributed by atoms with Crippen LogP contribution in [0.5, 0.6) is 0 Å². The molecule has 2 fully saturated rings. The van der Waals surface area contributed by atoms with Crippen LogP contribution in [0.2, 0.25) is 0 Å². The number of amides is 1. The van der Waals surface area contributed by atoms with Gasteiger partial charge in [-0.05, 0) is 25.0 Å². The monoisotopic (exact) mass is 553 g/mol. The number of aromatic nitrogens is 6. The van der Waals surface area contributed by atoms with E-state index in [1.807, 2.05) is 0 Å². The standard InChI is InChI=1S/C26H23F4N9O/c27-19-12-34-22-18(1-7-32-22)21(19)16-11-35-39(13-16)25(5-6-31)14-38(15-25)17-3-9-37(10-4-17)23(40)20-2-8-33-24(36-20)26(28,29)30/h1-2,7-8,11-13,17H,3-5,9-10,14-15H2,(H,32,34). The first-order chi connectivity index (χ1) is 19.2. The topological polar surface area (TPSA) is 120 Å². The fourth-order valence-electron chi connectivity index (χ4n) is 5.65. The molecule has 40 heavy (non-hydrogen) atoms. The molecule has 2 aliphatic rings. The number of nitrogens with zero attached hydrogens (tertiary/aromatic N) is 8. The van der Waals surface area contributed by atoms with Crippen molar-refractivity contribution in [2.24, 2.45) is 0 Å². The first kappa shape index (κ1) is 25.9.